The normalized spacial score (nSPS) is 39.7. The SMILES string of the molecule is N[C@@]1(CS(=O)(=O)O)C[C@H]1F. The Morgan fingerprint density at radius 2 is 2.20 bits per heavy atom. The van der Waals surface area contributed by atoms with Crippen LogP contribution in [0.15, 0.2) is 0 Å². The molecule has 0 amide bonds. The van der Waals surface area contributed by atoms with Crippen LogP contribution >= 0.6 is 0 Å². The van der Waals surface area contributed by atoms with E-state index in [1.54, 1.807) is 0 Å². The van der Waals surface area contributed by atoms with Gasteiger partial charge in [-0.25, -0.2) is 4.39 Å². The van der Waals surface area contributed by atoms with Crippen LogP contribution in [-0.4, -0.2) is 30.4 Å². The summed E-state index contributed by atoms with van der Waals surface area (Å²) in [5, 5.41) is 0. The maximum atomic E-state index is 12.2. The molecule has 1 saturated carbocycles. The van der Waals surface area contributed by atoms with Crippen LogP contribution in [0, 0.1) is 0 Å². The van der Waals surface area contributed by atoms with E-state index in [-0.39, 0.29) is 6.42 Å². The summed E-state index contributed by atoms with van der Waals surface area (Å²) in [5.74, 6) is -0.679. The van der Waals surface area contributed by atoms with Crippen molar-refractivity contribution in [3.8, 4) is 0 Å². The molecular weight excluding hydrogens is 161 g/mol. The van der Waals surface area contributed by atoms with E-state index in [2.05, 4.69) is 0 Å². The van der Waals surface area contributed by atoms with Crippen LogP contribution in [0.5, 0.6) is 0 Å². The number of hydrogen-bond acceptors (Lipinski definition) is 3. The first-order valence-corrected chi connectivity index (χ1v) is 4.32. The highest BCUT2D eigenvalue weighted by Crippen LogP contribution is 2.37. The van der Waals surface area contributed by atoms with Gasteiger partial charge < -0.3 is 5.73 Å². The molecule has 0 aromatic rings. The standard InChI is InChI=1S/C4H8FNO3S/c5-3-1-4(3,6)2-10(7,8)9/h3H,1-2,6H2,(H,7,8,9)/t3-,4-/m1/s1. The number of alkyl halides is 1. The van der Waals surface area contributed by atoms with Gasteiger partial charge in [-0.1, -0.05) is 0 Å². The van der Waals surface area contributed by atoms with Crippen LogP contribution in [0.3, 0.4) is 0 Å². The second kappa shape index (κ2) is 1.90. The second-order valence-electron chi connectivity index (χ2n) is 2.63. The number of nitrogens with two attached hydrogens (primary N) is 1. The van der Waals surface area contributed by atoms with Gasteiger partial charge in [-0.2, -0.15) is 8.42 Å². The summed E-state index contributed by atoms with van der Waals surface area (Å²) in [6.07, 6.45) is -1.26. The molecule has 1 fully saturated rings. The summed E-state index contributed by atoms with van der Waals surface area (Å²) in [4.78, 5) is 0. The van der Waals surface area contributed by atoms with E-state index in [0.29, 0.717) is 0 Å². The van der Waals surface area contributed by atoms with Crippen LogP contribution in [-0.2, 0) is 10.1 Å². The first kappa shape index (κ1) is 7.90. The highest BCUT2D eigenvalue weighted by atomic mass is 32.2. The van der Waals surface area contributed by atoms with Gasteiger partial charge in [0.15, 0.2) is 0 Å². The van der Waals surface area contributed by atoms with Crippen LogP contribution in [0.4, 0.5) is 4.39 Å². The number of rotatable bonds is 2. The Balaban J connectivity index is 2.57. The third-order valence-corrected chi connectivity index (χ3v) is 2.38. The molecule has 2 atom stereocenters. The van der Waals surface area contributed by atoms with Crippen molar-refractivity contribution in [3.05, 3.63) is 0 Å². The van der Waals surface area contributed by atoms with Crippen molar-refractivity contribution >= 4 is 10.1 Å². The smallest absolute Gasteiger partial charge is 0.266 e. The first-order valence-electron chi connectivity index (χ1n) is 2.72. The third kappa shape index (κ3) is 1.65. The molecule has 1 aliphatic rings. The van der Waals surface area contributed by atoms with Crippen molar-refractivity contribution in [2.24, 2.45) is 5.73 Å². The number of halogens is 1. The molecule has 0 aromatic carbocycles. The van der Waals surface area contributed by atoms with Crippen LogP contribution in [0.1, 0.15) is 6.42 Å². The van der Waals surface area contributed by atoms with E-state index in [0.717, 1.165) is 0 Å². The zero-order valence-corrected chi connectivity index (χ0v) is 5.94. The van der Waals surface area contributed by atoms with Gasteiger partial charge in [-0.05, 0) is 0 Å². The largest absolute Gasteiger partial charge is 0.322 e. The van der Waals surface area contributed by atoms with E-state index in [4.69, 9.17) is 10.3 Å². The van der Waals surface area contributed by atoms with Gasteiger partial charge >= 0.3 is 0 Å². The molecular formula is C4H8FNO3S. The van der Waals surface area contributed by atoms with Crippen LogP contribution in [0.2, 0.25) is 0 Å². The Labute approximate surface area is 58.0 Å². The summed E-state index contributed by atoms with van der Waals surface area (Å²) < 4.78 is 40.7. The molecule has 0 aromatic heterocycles. The summed E-state index contributed by atoms with van der Waals surface area (Å²) in [5.41, 5.74) is 3.85. The minimum Gasteiger partial charge on any atom is -0.322 e. The Kier molecular flexibility index (Phi) is 1.50. The molecule has 6 heteroatoms. The van der Waals surface area contributed by atoms with Crippen molar-refractivity contribution < 1.29 is 17.4 Å². The second-order valence-corrected chi connectivity index (χ2v) is 4.08. The van der Waals surface area contributed by atoms with E-state index >= 15 is 0 Å². The monoisotopic (exact) mass is 169 g/mol. The molecule has 0 heterocycles. The van der Waals surface area contributed by atoms with Gasteiger partial charge in [-0.3, -0.25) is 4.55 Å². The van der Waals surface area contributed by atoms with Crippen molar-refractivity contribution in [1.82, 2.24) is 0 Å². The van der Waals surface area contributed by atoms with Gasteiger partial charge in [0.2, 0.25) is 0 Å². The molecule has 4 nitrogen and oxygen atoms in total. The van der Waals surface area contributed by atoms with Crippen molar-refractivity contribution in [3.63, 3.8) is 0 Å². The Hall–Kier alpha value is -0.200. The zero-order chi connectivity index (χ0) is 7.99. The molecule has 60 valence electrons. The molecule has 10 heavy (non-hydrogen) atoms. The third-order valence-electron chi connectivity index (χ3n) is 1.47. The fourth-order valence-electron chi connectivity index (χ4n) is 0.764. The Bertz CT molecular complexity index is 239. The highest BCUT2D eigenvalue weighted by molar-refractivity contribution is 7.85. The van der Waals surface area contributed by atoms with E-state index in [1.807, 2.05) is 0 Å². The molecule has 0 aliphatic heterocycles. The summed E-state index contributed by atoms with van der Waals surface area (Å²) in [6.45, 7) is 0. The van der Waals surface area contributed by atoms with Crippen molar-refractivity contribution in [1.29, 1.82) is 0 Å². The predicted molar refractivity (Wildman–Crippen MR) is 32.8 cm³/mol. The summed E-state index contributed by atoms with van der Waals surface area (Å²) in [6, 6.07) is 0. The van der Waals surface area contributed by atoms with Crippen LogP contribution < -0.4 is 5.73 Å². The lowest BCUT2D eigenvalue weighted by atomic mass is 10.3. The van der Waals surface area contributed by atoms with E-state index < -0.39 is 27.6 Å². The van der Waals surface area contributed by atoms with E-state index in [9.17, 15) is 12.8 Å². The van der Waals surface area contributed by atoms with Gasteiger partial charge in [0.1, 0.15) is 6.17 Å². The predicted octanol–water partition coefficient (Wildman–Crippen LogP) is -0.686. The fourth-order valence-corrected chi connectivity index (χ4v) is 1.74. The van der Waals surface area contributed by atoms with Crippen molar-refractivity contribution in [2.45, 2.75) is 18.1 Å². The molecule has 0 saturated heterocycles. The summed E-state index contributed by atoms with van der Waals surface area (Å²) >= 11 is 0. The van der Waals surface area contributed by atoms with Gasteiger partial charge in [0.05, 0.1) is 11.3 Å². The topological polar surface area (TPSA) is 80.4 Å². The number of hydrogen-bond donors (Lipinski definition) is 2. The first-order chi connectivity index (χ1) is 4.33. The average Bonchev–Trinajstić information content (AvgIpc) is 2.05. The lowest BCUT2D eigenvalue weighted by molar-refractivity contribution is 0.420. The zero-order valence-electron chi connectivity index (χ0n) is 5.12. The van der Waals surface area contributed by atoms with Crippen LogP contribution in [0.25, 0.3) is 0 Å². The average molecular weight is 169 g/mol. The molecule has 0 unspecified atom stereocenters. The minimum absolute atomic E-state index is 0.0206. The fraction of sp³-hybridized carbons (Fsp3) is 1.00. The summed E-state index contributed by atoms with van der Waals surface area (Å²) in [7, 11) is -4.12. The van der Waals surface area contributed by atoms with Gasteiger partial charge in [0, 0.05) is 6.42 Å². The van der Waals surface area contributed by atoms with Crippen molar-refractivity contribution in [2.75, 3.05) is 5.75 Å². The van der Waals surface area contributed by atoms with Gasteiger partial charge in [-0.15, -0.1) is 0 Å². The maximum absolute atomic E-state index is 12.2. The lowest BCUT2D eigenvalue weighted by Gasteiger charge is -2.03. The van der Waals surface area contributed by atoms with Gasteiger partial charge in [0.25, 0.3) is 10.1 Å². The lowest BCUT2D eigenvalue weighted by Crippen LogP contribution is -2.34. The molecule has 0 bridgehead atoms. The molecule has 1 rings (SSSR count). The maximum Gasteiger partial charge on any atom is 0.266 e. The Morgan fingerprint density at radius 3 is 2.30 bits per heavy atom. The molecule has 1 aliphatic carbocycles. The quantitative estimate of drug-likeness (QED) is 0.536. The molecule has 0 radical (unpaired) electrons. The Morgan fingerprint density at radius 1 is 1.80 bits per heavy atom. The highest BCUT2D eigenvalue weighted by Gasteiger charge is 2.54. The van der Waals surface area contributed by atoms with E-state index in [1.165, 1.54) is 0 Å². The molecule has 3 N–H and O–H groups in total. The molecule has 0 spiro atoms. The minimum atomic E-state index is -4.12.